The maximum Gasteiger partial charge on any atom is 0.248 e. The highest BCUT2D eigenvalue weighted by atomic mass is 35.5. The van der Waals surface area contributed by atoms with Gasteiger partial charge in [-0.05, 0) is 24.3 Å². The highest BCUT2D eigenvalue weighted by Crippen LogP contribution is 2.31. The van der Waals surface area contributed by atoms with E-state index >= 15 is 0 Å². The van der Waals surface area contributed by atoms with E-state index in [0.717, 1.165) is 16.6 Å². The van der Waals surface area contributed by atoms with Crippen molar-refractivity contribution in [2.45, 2.75) is 13.2 Å². The second kappa shape index (κ2) is 8.35. The van der Waals surface area contributed by atoms with Gasteiger partial charge in [0.05, 0.1) is 5.71 Å². The molecule has 0 fully saturated rings. The molecule has 33 heavy (non-hydrogen) atoms. The molecule has 1 aromatic heterocycles. The number of hydrazone groups is 1. The maximum absolute atomic E-state index is 13.1. The molecule has 0 bridgehead atoms. The van der Waals surface area contributed by atoms with Crippen LogP contribution in [0.2, 0.25) is 5.02 Å². The Morgan fingerprint density at radius 3 is 2.79 bits per heavy atom. The molecule has 7 nitrogen and oxygen atoms in total. The summed E-state index contributed by atoms with van der Waals surface area (Å²) in [7, 11) is 1.68. The maximum atomic E-state index is 13.1. The molecule has 1 aliphatic heterocycles. The SMILES string of the molecule is Cc1nc2ccc(N(C)C(=O)CN3N=C(c4cccc(Cl)c4)c4ccccc4C3O)cc2o1. The van der Waals surface area contributed by atoms with E-state index < -0.39 is 6.23 Å². The summed E-state index contributed by atoms with van der Waals surface area (Å²) in [6, 6.07) is 20.2. The van der Waals surface area contributed by atoms with Gasteiger partial charge in [0.2, 0.25) is 5.91 Å². The van der Waals surface area contributed by atoms with Crippen LogP contribution in [0.5, 0.6) is 0 Å². The number of amides is 1. The van der Waals surface area contributed by atoms with Gasteiger partial charge in [0.1, 0.15) is 12.1 Å². The molecule has 0 saturated carbocycles. The van der Waals surface area contributed by atoms with Gasteiger partial charge >= 0.3 is 0 Å². The Kier molecular flexibility index (Phi) is 5.36. The Labute approximate surface area is 195 Å². The highest BCUT2D eigenvalue weighted by Gasteiger charge is 2.30. The molecule has 1 amide bonds. The zero-order chi connectivity index (χ0) is 23.1. The van der Waals surface area contributed by atoms with Gasteiger partial charge in [-0.25, -0.2) is 4.98 Å². The molecule has 1 aliphatic rings. The lowest BCUT2D eigenvalue weighted by molar-refractivity contribution is -0.122. The van der Waals surface area contributed by atoms with Crippen LogP contribution in [0.15, 0.2) is 76.2 Å². The summed E-state index contributed by atoms with van der Waals surface area (Å²) in [5.74, 6) is 0.326. The van der Waals surface area contributed by atoms with E-state index in [1.54, 1.807) is 26.1 Å². The van der Waals surface area contributed by atoms with Crippen LogP contribution in [0.4, 0.5) is 5.69 Å². The molecule has 166 valence electrons. The van der Waals surface area contributed by atoms with Gasteiger partial charge in [0.15, 0.2) is 17.7 Å². The molecule has 2 heterocycles. The van der Waals surface area contributed by atoms with Gasteiger partial charge in [0.25, 0.3) is 0 Å². The van der Waals surface area contributed by atoms with Gasteiger partial charge in [-0.15, -0.1) is 0 Å². The van der Waals surface area contributed by atoms with Gasteiger partial charge in [0, 0.05) is 47.4 Å². The zero-order valence-corrected chi connectivity index (χ0v) is 18.8. The molecule has 0 radical (unpaired) electrons. The van der Waals surface area contributed by atoms with E-state index in [0.29, 0.717) is 33.5 Å². The molecule has 1 atom stereocenters. The van der Waals surface area contributed by atoms with Crippen LogP contribution in [0.3, 0.4) is 0 Å². The molecular weight excluding hydrogens is 440 g/mol. The minimum absolute atomic E-state index is 0.121. The largest absolute Gasteiger partial charge is 0.441 e. The summed E-state index contributed by atoms with van der Waals surface area (Å²) in [6.07, 6.45) is -1.05. The molecule has 3 aromatic carbocycles. The van der Waals surface area contributed by atoms with Crippen LogP contribution in [0.25, 0.3) is 11.1 Å². The van der Waals surface area contributed by atoms with Crippen molar-refractivity contribution >= 4 is 40.0 Å². The first-order valence-electron chi connectivity index (χ1n) is 10.4. The predicted octanol–water partition coefficient (Wildman–Crippen LogP) is 4.51. The van der Waals surface area contributed by atoms with Crippen molar-refractivity contribution in [1.29, 1.82) is 0 Å². The van der Waals surface area contributed by atoms with E-state index in [-0.39, 0.29) is 12.5 Å². The first-order chi connectivity index (χ1) is 15.9. The number of halogens is 1. The van der Waals surface area contributed by atoms with Crippen molar-refractivity contribution in [3.8, 4) is 0 Å². The second-order valence-corrected chi connectivity index (χ2v) is 8.29. The molecule has 8 heteroatoms. The number of aromatic nitrogens is 1. The minimum atomic E-state index is -1.05. The Hall–Kier alpha value is -3.68. The van der Waals surface area contributed by atoms with Crippen LogP contribution in [-0.4, -0.2) is 40.3 Å². The van der Waals surface area contributed by atoms with Gasteiger partial charge < -0.3 is 14.4 Å². The number of aliphatic hydroxyl groups excluding tert-OH is 1. The third-order valence-corrected chi connectivity index (χ3v) is 5.88. The third kappa shape index (κ3) is 3.97. The highest BCUT2D eigenvalue weighted by molar-refractivity contribution is 6.31. The number of benzene rings is 3. The number of aliphatic hydroxyl groups is 1. The van der Waals surface area contributed by atoms with Crippen LogP contribution in [0, 0.1) is 6.92 Å². The minimum Gasteiger partial charge on any atom is -0.441 e. The van der Waals surface area contributed by atoms with E-state index in [1.807, 2.05) is 54.6 Å². The number of carbonyl (C=O) groups is 1. The van der Waals surface area contributed by atoms with Crippen molar-refractivity contribution in [2.75, 3.05) is 18.5 Å². The third-order valence-electron chi connectivity index (χ3n) is 5.64. The van der Waals surface area contributed by atoms with Crippen LogP contribution >= 0.6 is 11.6 Å². The normalized spacial score (nSPS) is 15.3. The van der Waals surface area contributed by atoms with Gasteiger partial charge in [-0.3, -0.25) is 9.80 Å². The lowest BCUT2D eigenvalue weighted by atomic mass is 9.95. The predicted molar refractivity (Wildman–Crippen MR) is 127 cm³/mol. The summed E-state index contributed by atoms with van der Waals surface area (Å²) < 4.78 is 5.59. The number of rotatable bonds is 4. The molecule has 1 unspecified atom stereocenters. The van der Waals surface area contributed by atoms with Crippen LogP contribution in [-0.2, 0) is 4.79 Å². The Morgan fingerprint density at radius 2 is 1.97 bits per heavy atom. The molecule has 0 saturated heterocycles. The van der Waals surface area contributed by atoms with Gasteiger partial charge in [-0.1, -0.05) is 48.0 Å². The van der Waals surface area contributed by atoms with Crippen molar-refractivity contribution in [2.24, 2.45) is 5.10 Å². The van der Waals surface area contributed by atoms with E-state index in [1.165, 1.54) is 9.91 Å². The smallest absolute Gasteiger partial charge is 0.248 e. The quantitative estimate of drug-likeness (QED) is 0.484. The average Bonchev–Trinajstić information content (AvgIpc) is 3.19. The first kappa shape index (κ1) is 21.2. The lowest BCUT2D eigenvalue weighted by Crippen LogP contribution is -2.40. The fraction of sp³-hybridized carbons (Fsp3) is 0.160. The molecule has 4 aromatic rings. The summed E-state index contributed by atoms with van der Waals surface area (Å²) in [5, 5.41) is 17.6. The molecule has 0 aliphatic carbocycles. The lowest BCUT2D eigenvalue weighted by Gasteiger charge is -2.33. The standard InChI is InChI=1S/C25H21ClN4O3/c1-15-27-21-11-10-18(13-22(21)33-15)29(2)23(31)14-30-25(32)20-9-4-3-8-19(20)24(28-30)16-6-5-7-17(26)12-16/h3-13,25,32H,14H2,1-2H3. The second-order valence-electron chi connectivity index (χ2n) is 7.86. The van der Waals surface area contributed by atoms with Crippen molar-refractivity contribution in [3.05, 3.63) is 94.3 Å². The van der Waals surface area contributed by atoms with E-state index in [9.17, 15) is 9.90 Å². The van der Waals surface area contributed by atoms with E-state index in [4.69, 9.17) is 16.0 Å². The van der Waals surface area contributed by atoms with Crippen LogP contribution in [0.1, 0.15) is 28.8 Å². The fourth-order valence-corrected chi connectivity index (χ4v) is 4.12. The number of carbonyl (C=O) groups excluding carboxylic acids is 1. The zero-order valence-electron chi connectivity index (χ0n) is 18.1. The number of nitrogens with zero attached hydrogens (tertiary/aromatic N) is 4. The Bertz CT molecular complexity index is 1400. The fourth-order valence-electron chi connectivity index (χ4n) is 3.93. The topological polar surface area (TPSA) is 82.2 Å². The first-order valence-corrected chi connectivity index (χ1v) is 10.8. The number of likely N-dealkylation sites (N-methyl/N-ethyl adjacent to an activating group) is 1. The van der Waals surface area contributed by atoms with Crippen molar-refractivity contribution < 1.29 is 14.3 Å². The monoisotopic (exact) mass is 460 g/mol. The summed E-state index contributed by atoms with van der Waals surface area (Å²) in [4.78, 5) is 18.9. The molecule has 5 rings (SSSR count). The average molecular weight is 461 g/mol. The summed E-state index contributed by atoms with van der Waals surface area (Å²) in [5.41, 5.74) is 4.93. The number of fused-ring (bicyclic) bond motifs is 2. The molecule has 0 spiro atoms. The summed E-state index contributed by atoms with van der Waals surface area (Å²) in [6.45, 7) is 1.66. The Balaban J connectivity index is 1.46. The number of hydrogen-bond acceptors (Lipinski definition) is 6. The molecular formula is C25H21ClN4O3. The van der Waals surface area contributed by atoms with Crippen molar-refractivity contribution in [3.63, 3.8) is 0 Å². The number of hydrogen-bond donors (Lipinski definition) is 1. The number of anilines is 1. The van der Waals surface area contributed by atoms with Gasteiger partial charge in [-0.2, -0.15) is 5.10 Å². The number of aryl methyl sites for hydroxylation is 1. The number of oxazole rings is 1. The summed E-state index contributed by atoms with van der Waals surface area (Å²) >= 11 is 6.20. The van der Waals surface area contributed by atoms with Crippen molar-refractivity contribution in [1.82, 2.24) is 9.99 Å². The molecule has 1 N–H and O–H groups in total. The Morgan fingerprint density at radius 1 is 1.15 bits per heavy atom. The van der Waals surface area contributed by atoms with E-state index in [2.05, 4.69) is 10.1 Å². The van der Waals surface area contributed by atoms with Crippen LogP contribution < -0.4 is 4.90 Å².